The minimum absolute atomic E-state index is 0.0805. The van der Waals surface area contributed by atoms with Crippen LogP contribution in [-0.2, 0) is 21.7 Å². The zero-order valence-electron chi connectivity index (χ0n) is 17.5. The molecule has 3 aromatic carbocycles. The highest BCUT2D eigenvalue weighted by molar-refractivity contribution is 6.10. The summed E-state index contributed by atoms with van der Waals surface area (Å²) in [6, 6.07) is 18.0. The molecular weight excluding hydrogens is 425 g/mol. The van der Waals surface area contributed by atoms with Gasteiger partial charge in [0.25, 0.3) is 5.91 Å². The predicted octanol–water partition coefficient (Wildman–Crippen LogP) is 3.96. The highest BCUT2D eigenvalue weighted by Crippen LogP contribution is 2.43. The van der Waals surface area contributed by atoms with Gasteiger partial charge in [0.05, 0.1) is 18.7 Å². The van der Waals surface area contributed by atoms with E-state index >= 15 is 0 Å². The van der Waals surface area contributed by atoms with E-state index in [9.17, 15) is 19.1 Å². The van der Waals surface area contributed by atoms with Crippen molar-refractivity contribution >= 4 is 23.5 Å². The summed E-state index contributed by atoms with van der Waals surface area (Å²) in [6.45, 7) is 0.235. The maximum atomic E-state index is 13.6. The van der Waals surface area contributed by atoms with Gasteiger partial charge in [0.1, 0.15) is 5.82 Å². The Morgan fingerprint density at radius 1 is 1.06 bits per heavy atom. The van der Waals surface area contributed by atoms with Crippen LogP contribution in [-0.4, -0.2) is 23.6 Å². The van der Waals surface area contributed by atoms with Gasteiger partial charge >= 0.3 is 0 Å². The molecule has 0 saturated heterocycles. The smallest absolute Gasteiger partial charge is 0.264 e. The normalized spacial score (nSPS) is 18.7. The summed E-state index contributed by atoms with van der Waals surface area (Å²) in [6.07, 6.45) is 2.52. The highest BCUT2D eigenvalue weighted by Gasteiger charge is 2.50. The number of carbonyl (C=O) groups excluding carboxylic acids is 2. The molecule has 0 unspecified atom stereocenters. The van der Waals surface area contributed by atoms with Crippen molar-refractivity contribution in [2.24, 2.45) is 0 Å². The number of ketones is 1. The fourth-order valence-electron chi connectivity index (χ4n) is 4.17. The van der Waals surface area contributed by atoms with Crippen LogP contribution in [0.3, 0.4) is 0 Å². The highest BCUT2D eigenvalue weighted by atomic mass is 19.1. The van der Waals surface area contributed by atoms with Gasteiger partial charge in [0, 0.05) is 5.56 Å². The second-order valence-corrected chi connectivity index (χ2v) is 7.99. The van der Waals surface area contributed by atoms with Crippen molar-refractivity contribution in [2.75, 3.05) is 11.7 Å². The first-order valence-electron chi connectivity index (χ1n) is 10.4. The number of aliphatic hydroxyl groups is 1. The first-order chi connectivity index (χ1) is 15.9. The Hall–Kier alpha value is -3.97. The van der Waals surface area contributed by atoms with Gasteiger partial charge in [-0.1, -0.05) is 42.5 Å². The predicted molar refractivity (Wildman–Crippen MR) is 119 cm³/mol. The number of fused-ring (bicyclic) bond motifs is 2. The van der Waals surface area contributed by atoms with E-state index in [-0.39, 0.29) is 13.3 Å². The molecule has 0 fully saturated rings. The van der Waals surface area contributed by atoms with E-state index in [2.05, 4.69) is 0 Å². The summed E-state index contributed by atoms with van der Waals surface area (Å²) in [4.78, 5) is 27.4. The molecular formula is C26H20FNO5. The van der Waals surface area contributed by atoms with Crippen LogP contribution in [0, 0.1) is 5.82 Å². The van der Waals surface area contributed by atoms with Crippen molar-refractivity contribution in [3.63, 3.8) is 0 Å². The summed E-state index contributed by atoms with van der Waals surface area (Å²) in [5, 5.41) is 11.4. The Morgan fingerprint density at radius 3 is 2.73 bits per heavy atom. The number of rotatable bonds is 6. The lowest BCUT2D eigenvalue weighted by molar-refractivity contribution is -0.140. The van der Waals surface area contributed by atoms with Crippen molar-refractivity contribution in [2.45, 2.75) is 18.6 Å². The van der Waals surface area contributed by atoms with Crippen LogP contribution < -0.4 is 14.4 Å². The number of halogens is 1. The minimum atomic E-state index is -2.00. The van der Waals surface area contributed by atoms with Crippen LogP contribution in [0.2, 0.25) is 0 Å². The van der Waals surface area contributed by atoms with Gasteiger partial charge in [-0.2, -0.15) is 0 Å². The summed E-state index contributed by atoms with van der Waals surface area (Å²) < 4.78 is 24.2. The molecule has 0 bridgehead atoms. The molecule has 7 heteroatoms. The molecule has 166 valence electrons. The number of allylic oxidation sites excluding steroid dienone is 1. The average Bonchev–Trinajstić information content (AvgIpc) is 3.35. The second-order valence-electron chi connectivity index (χ2n) is 7.99. The van der Waals surface area contributed by atoms with E-state index in [4.69, 9.17) is 9.47 Å². The first-order valence-corrected chi connectivity index (χ1v) is 10.4. The van der Waals surface area contributed by atoms with Gasteiger partial charge in [0.2, 0.25) is 6.79 Å². The molecule has 1 amide bonds. The number of hydrogen-bond acceptors (Lipinski definition) is 5. The number of hydrogen-bond donors (Lipinski definition) is 1. The Morgan fingerprint density at radius 2 is 1.88 bits per heavy atom. The molecule has 1 atom stereocenters. The van der Waals surface area contributed by atoms with E-state index in [1.165, 1.54) is 23.1 Å². The first kappa shape index (κ1) is 20.9. The van der Waals surface area contributed by atoms with E-state index in [1.807, 2.05) is 0 Å². The van der Waals surface area contributed by atoms with Crippen molar-refractivity contribution in [3.05, 3.63) is 95.3 Å². The van der Waals surface area contributed by atoms with Gasteiger partial charge in [0.15, 0.2) is 22.9 Å². The zero-order valence-corrected chi connectivity index (χ0v) is 17.5. The lowest BCUT2D eigenvalue weighted by atomic mass is 9.89. The Kier molecular flexibility index (Phi) is 5.18. The molecule has 2 heterocycles. The van der Waals surface area contributed by atoms with E-state index in [0.717, 1.165) is 5.56 Å². The third-order valence-corrected chi connectivity index (χ3v) is 5.76. The van der Waals surface area contributed by atoms with Gasteiger partial charge in [-0.3, -0.25) is 9.59 Å². The Bertz CT molecular complexity index is 1290. The summed E-state index contributed by atoms with van der Waals surface area (Å²) in [7, 11) is 0. The Balaban J connectivity index is 1.38. The molecule has 0 spiro atoms. The van der Waals surface area contributed by atoms with Crippen molar-refractivity contribution < 1.29 is 28.6 Å². The van der Waals surface area contributed by atoms with Gasteiger partial charge in [-0.15, -0.1) is 0 Å². The van der Waals surface area contributed by atoms with E-state index < -0.39 is 29.5 Å². The van der Waals surface area contributed by atoms with Crippen molar-refractivity contribution in [1.29, 1.82) is 0 Å². The molecule has 2 aliphatic heterocycles. The molecule has 33 heavy (non-hydrogen) atoms. The number of para-hydroxylation sites is 1. The number of amides is 1. The van der Waals surface area contributed by atoms with Crippen LogP contribution >= 0.6 is 0 Å². The van der Waals surface area contributed by atoms with Crippen LogP contribution in [0.4, 0.5) is 10.1 Å². The number of ether oxygens (including phenoxy) is 2. The topological polar surface area (TPSA) is 76.1 Å². The molecule has 2 aliphatic rings. The fourth-order valence-corrected chi connectivity index (χ4v) is 4.17. The molecule has 5 rings (SSSR count). The molecule has 1 N–H and O–H groups in total. The van der Waals surface area contributed by atoms with Gasteiger partial charge in [-0.05, 0) is 47.5 Å². The van der Waals surface area contributed by atoms with Gasteiger partial charge < -0.3 is 19.5 Å². The molecule has 0 aliphatic carbocycles. The maximum Gasteiger partial charge on any atom is 0.264 e. The van der Waals surface area contributed by atoms with Crippen molar-refractivity contribution in [1.82, 2.24) is 0 Å². The second kappa shape index (κ2) is 8.18. The SMILES string of the molecule is O=C(/C=C/c1ccc2c(c1)OCO2)C[C@]1(O)C(=O)N(Cc2cccc(F)c2)c2ccccc21. The zero-order chi connectivity index (χ0) is 23.0. The van der Waals surface area contributed by atoms with E-state index in [1.54, 1.807) is 60.7 Å². The maximum absolute atomic E-state index is 13.6. The minimum Gasteiger partial charge on any atom is -0.454 e. The lowest BCUT2D eigenvalue weighted by Gasteiger charge is -2.22. The summed E-state index contributed by atoms with van der Waals surface area (Å²) in [5.41, 5.74) is 0.167. The van der Waals surface area contributed by atoms with Crippen LogP contribution in [0.25, 0.3) is 6.08 Å². The number of carbonyl (C=O) groups is 2. The third-order valence-electron chi connectivity index (χ3n) is 5.76. The van der Waals surface area contributed by atoms with Crippen LogP contribution in [0.5, 0.6) is 11.5 Å². The molecule has 0 saturated carbocycles. The largest absolute Gasteiger partial charge is 0.454 e. The molecule has 6 nitrogen and oxygen atoms in total. The Labute approximate surface area is 189 Å². The number of benzene rings is 3. The van der Waals surface area contributed by atoms with Crippen LogP contribution in [0.1, 0.15) is 23.1 Å². The van der Waals surface area contributed by atoms with Crippen LogP contribution in [0.15, 0.2) is 72.8 Å². The quantitative estimate of drug-likeness (QED) is 0.582. The van der Waals surface area contributed by atoms with Gasteiger partial charge in [-0.25, -0.2) is 4.39 Å². The lowest BCUT2D eigenvalue weighted by Crippen LogP contribution is -2.41. The fraction of sp³-hybridized carbons (Fsp3) is 0.154. The molecule has 0 aromatic heterocycles. The van der Waals surface area contributed by atoms with E-state index in [0.29, 0.717) is 28.3 Å². The average molecular weight is 445 g/mol. The third kappa shape index (κ3) is 3.87. The number of anilines is 1. The number of nitrogens with zero attached hydrogens (tertiary/aromatic N) is 1. The van der Waals surface area contributed by atoms with Crippen molar-refractivity contribution in [3.8, 4) is 11.5 Å². The standard InChI is InChI=1S/C26H20FNO5/c27-19-5-3-4-18(12-19)15-28-22-7-2-1-6-21(22)26(31,25(28)30)14-20(29)10-8-17-9-11-23-24(13-17)33-16-32-23/h1-13,31H,14-16H2/b10-8+/t26-/m1/s1. The molecule has 0 radical (unpaired) electrons. The molecule has 3 aromatic rings. The summed E-state index contributed by atoms with van der Waals surface area (Å²) in [5.74, 6) is -0.203. The summed E-state index contributed by atoms with van der Waals surface area (Å²) >= 11 is 0. The monoisotopic (exact) mass is 445 g/mol.